The van der Waals surface area contributed by atoms with Gasteiger partial charge in [-0.2, -0.15) is 0 Å². The fraction of sp³-hybridized carbons (Fsp3) is 0.200. The van der Waals surface area contributed by atoms with Gasteiger partial charge in [-0.1, -0.05) is 11.6 Å². The summed E-state index contributed by atoms with van der Waals surface area (Å²) in [5, 5.41) is 3.54. The number of halogens is 4. The van der Waals surface area contributed by atoms with E-state index in [1.165, 1.54) is 0 Å². The standard InChI is InChI=1S/C15H11BrClF2NO/c16-11-5-13(19)14(6-12(11)18)20-7-10-4-8-3-9(17)1-2-15(8)21-10/h1-3,5-6,10,20H,4,7H2. The Morgan fingerprint density at radius 1 is 1.24 bits per heavy atom. The Balaban J connectivity index is 1.66. The Morgan fingerprint density at radius 3 is 2.86 bits per heavy atom. The number of rotatable bonds is 3. The molecule has 1 atom stereocenters. The van der Waals surface area contributed by atoms with E-state index in [-0.39, 0.29) is 16.3 Å². The zero-order chi connectivity index (χ0) is 15.0. The highest BCUT2D eigenvalue weighted by molar-refractivity contribution is 9.10. The molecule has 0 saturated carbocycles. The molecule has 2 aromatic rings. The topological polar surface area (TPSA) is 21.3 Å². The van der Waals surface area contributed by atoms with E-state index in [1.807, 2.05) is 12.1 Å². The van der Waals surface area contributed by atoms with Crippen LogP contribution in [0.1, 0.15) is 5.56 Å². The molecule has 21 heavy (non-hydrogen) atoms. The van der Waals surface area contributed by atoms with Gasteiger partial charge in [0.2, 0.25) is 0 Å². The van der Waals surface area contributed by atoms with Crippen LogP contribution in [0.2, 0.25) is 5.02 Å². The molecule has 0 aromatic heterocycles. The first kappa shape index (κ1) is 14.6. The average Bonchev–Trinajstić information content (AvgIpc) is 2.83. The third-order valence-electron chi connectivity index (χ3n) is 3.29. The molecular weight excluding hydrogens is 364 g/mol. The summed E-state index contributed by atoms with van der Waals surface area (Å²) in [5.41, 5.74) is 1.14. The van der Waals surface area contributed by atoms with Gasteiger partial charge >= 0.3 is 0 Å². The molecular formula is C15H11BrClF2NO. The van der Waals surface area contributed by atoms with Crippen LogP contribution in [0.25, 0.3) is 0 Å². The molecule has 0 saturated heterocycles. The molecule has 0 bridgehead atoms. The van der Waals surface area contributed by atoms with Crippen LogP contribution in [0.4, 0.5) is 14.5 Å². The normalized spacial score (nSPS) is 16.5. The molecule has 3 rings (SSSR count). The van der Waals surface area contributed by atoms with Crippen molar-refractivity contribution in [2.24, 2.45) is 0 Å². The van der Waals surface area contributed by atoms with Crippen LogP contribution in [-0.2, 0) is 6.42 Å². The molecule has 6 heteroatoms. The van der Waals surface area contributed by atoms with Crippen molar-refractivity contribution in [3.8, 4) is 5.75 Å². The van der Waals surface area contributed by atoms with Crippen molar-refractivity contribution in [2.45, 2.75) is 12.5 Å². The van der Waals surface area contributed by atoms with Crippen LogP contribution >= 0.6 is 27.5 Å². The Bertz CT molecular complexity index is 696. The lowest BCUT2D eigenvalue weighted by molar-refractivity contribution is 0.246. The minimum absolute atomic E-state index is 0.102. The molecule has 1 aliphatic rings. The summed E-state index contributed by atoms with van der Waals surface area (Å²) in [7, 11) is 0. The Hall–Kier alpha value is -1.33. The second-order valence-electron chi connectivity index (χ2n) is 4.82. The number of nitrogens with one attached hydrogen (secondary N) is 1. The molecule has 0 spiro atoms. The molecule has 0 fully saturated rings. The van der Waals surface area contributed by atoms with E-state index in [9.17, 15) is 8.78 Å². The van der Waals surface area contributed by atoms with Gasteiger partial charge in [-0.15, -0.1) is 0 Å². The van der Waals surface area contributed by atoms with E-state index in [1.54, 1.807) is 6.07 Å². The second-order valence-corrected chi connectivity index (χ2v) is 6.11. The Labute approximate surface area is 134 Å². The zero-order valence-electron chi connectivity index (χ0n) is 10.8. The molecule has 2 aromatic carbocycles. The maximum Gasteiger partial charge on any atom is 0.147 e. The third kappa shape index (κ3) is 3.14. The SMILES string of the molecule is Fc1cc(NCC2Cc3cc(Cl)ccc3O2)c(F)cc1Br. The molecule has 1 heterocycles. The molecule has 1 aliphatic heterocycles. The molecule has 1 N–H and O–H groups in total. The predicted molar refractivity (Wildman–Crippen MR) is 82.1 cm³/mol. The van der Waals surface area contributed by atoms with Crippen molar-refractivity contribution >= 4 is 33.2 Å². The first-order valence-electron chi connectivity index (χ1n) is 6.36. The summed E-state index contributed by atoms with van der Waals surface area (Å²) in [6.45, 7) is 0.379. The quantitative estimate of drug-likeness (QED) is 0.780. The van der Waals surface area contributed by atoms with Gasteiger partial charge < -0.3 is 10.1 Å². The fourth-order valence-electron chi connectivity index (χ4n) is 2.28. The smallest absolute Gasteiger partial charge is 0.147 e. The molecule has 0 aliphatic carbocycles. The number of hydrogen-bond donors (Lipinski definition) is 1. The average molecular weight is 375 g/mol. The van der Waals surface area contributed by atoms with Crippen LogP contribution in [0.15, 0.2) is 34.8 Å². The van der Waals surface area contributed by atoms with Gasteiger partial charge in [0.1, 0.15) is 23.5 Å². The highest BCUT2D eigenvalue weighted by atomic mass is 79.9. The second kappa shape index (κ2) is 5.81. The first-order chi connectivity index (χ1) is 10.0. The number of ether oxygens (including phenoxy) is 1. The van der Waals surface area contributed by atoms with Crippen LogP contribution in [0.5, 0.6) is 5.75 Å². The molecule has 0 amide bonds. The molecule has 0 radical (unpaired) electrons. The lowest BCUT2D eigenvalue weighted by Gasteiger charge is -2.13. The van der Waals surface area contributed by atoms with Crippen molar-refractivity contribution in [2.75, 3.05) is 11.9 Å². The predicted octanol–water partition coefficient (Wildman–Crippen LogP) is 4.80. The van der Waals surface area contributed by atoms with Crippen LogP contribution < -0.4 is 10.1 Å². The van der Waals surface area contributed by atoms with Crippen molar-refractivity contribution in [3.63, 3.8) is 0 Å². The number of fused-ring (bicyclic) bond motifs is 1. The minimum atomic E-state index is -0.513. The molecule has 110 valence electrons. The number of hydrogen-bond acceptors (Lipinski definition) is 2. The van der Waals surface area contributed by atoms with E-state index < -0.39 is 11.6 Å². The van der Waals surface area contributed by atoms with Crippen molar-refractivity contribution in [3.05, 3.63) is 57.0 Å². The maximum absolute atomic E-state index is 13.7. The molecule has 1 unspecified atom stereocenters. The fourth-order valence-corrected chi connectivity index (χ4v) is 2.79. The lowest BCUT2D eigenvalue weighted by Crippen LogP contribution is -2.24. The monoisotopic (exact) mass is 373 g/mol. The Morgan fingerprint density at radius 2 is 2.05 bits per heavy atom. The summed E-state index contributed by atoms with van der Waals surface area (Å²) < 4.78 is 33.0. The third-order valence-corrected chi connectivity index (χ3v) is 4.14. The highest BCUT2D eigenvalue weighted by Gasteiger charge is 2.23. The van der Waals surface area contributed by atoms with Gasteiger partial charge in [0.05, 0.1) is 16.7 Å². The van der Waals surface area contributed by atoms with Crippen LogP contribution in [-0.4, -0.2) is 12.6 Å². The van der Waals surface area contributed by atoms with Gasteiger partial charge in [-0.25, -0.2) is 8.78 Å². The van der Waals surface area contributed by atoms with Gasteiger partial charge in [-0.3, -0.25) is 0 Å². The van der Waals surface area contributed by atoms with Gasteiger partial charge in [0, 0.05) is 17.5 Å². The lowest BCUT2D eigenvalue weighted by atomic mass is 10.1. The minimum Gasteiger partial charge on any atom is -0.488 e. The summed E-state index contributed by atoms with van der Waals surface area (Å²) in [6.07, 6.45) is 0.549. The van der Waals surface area contributed by atoms with Crippen LogP contribution in [0, 0.1) is 11.6 Å². The summed E-state index contributed by atoms with van der Waals surface area (Å²) >= 11 is 8.87. The van der Waals surface area contributed by atoms with E-state index in [0.717, 1.165) is 23.4 Å². The Kier molecular flexibility index (Phi) is 4.04. The van der Waals surface area contributed by atoms with Gasteiger partial charge in [-0.05, 0) is 45.8 Å². The van der Waals surface area contributed by atoms with Crippen molar-refractivity contribution in [1.29, 1.82) is 0 Å². The van der Waals surface area contributed by atoms with Gasteiger partial charge in [0.25, 0.3) is 0 Å². The largest absolute Gasteiger partial charge is 0.488 e. The number of anilines is 1. The highest BCUT2D eigenvalue weighted by Crippen LogP contribution is 2.31. The maximum atomic E-state index is 13.7. The van der Waals surface area contributed by atoms with E-state index in [0.29, 0.717) is 18.0 Å². The summed E-state index contributed by atoms with van der Waals surface area (Å²) in [4.78, 5) is 0. The van der Waals surface area contributed by atoms with Crippen molar-refractivity contribution < 1.29 is 13.5 Å². The van der Waals surface area contributed by atoms with E-state index >= 15 is 0 Å². The number of benzene rings is 2. The van der Waals surface area contributed by atoms with Crippen LogP contribution in [0.3, 0.4) is 0 Å². The summed E-state index contributed by atoms with van der Waals surface area (Å²) in [6, 6.07) is 7.66. The first-order valence-corrected chi connectivity index (χ1v) is 7.53. The summed E-state index contributed by atoms with van der Waals surface area (Å²) in [5.74, 6) is -0.239. The van der Waals surface area contributed by atoms with E-state index in [4.69, 9.17) is 16.3 Å². The zero-order valence-corrected chi connectivity index (χ0v) is 13.1. The van der Waals surface area contributed by atoms with Crippen molar-refractivity contribution in [1.82, 2.24) is 0 Å². The van der Waals surface area contributed by atoms with Gasteiger partial charge in [0.15, 0.2) is 0 Å². The van der Waals surface area contributed by atoms with E-state index in [2.05, 4.69) is 21.2 Å². The molecule has 2 nitrogen and oxygen atoms in total.